The van der Waals surface area contributed by atoms with Crippen LogP contribution in [0.2, 0.25) is 10.0 Å². The van der Waals surface area contributed by atoms with Crippen molar-refractivity contribution >= 4 is 34.8 Å². The SMILES string of the molecule is CCCC(NC)C(=O)Nc1ccc(-c2ccc(Cl)c(Cl)c2)cc1. The molecule has 1 unspecified atom stereocenters. The van der Waals surface area contributed by atoms with Gasteiger partial charge in [-0.05, 0) is 48.9 Å². The fourth-order valence-electron chi connectivity index (χ4n) is 2.35. The topological polar surface area (TPSA) is 41.1 Å². The number of halogens is 2. The highest BCUT2D eigenvalue weighted by molar-refractivity contribution is 6.42. The smallest absolute Gasteiger partial charge is 0.241 e. The van der Waals surface area contributed by atoms with Gasteiger partial charge in [-0.25, -0.2) is 0 Å². The minimum absolute atomic E-state index is 0.0170. The standard InChI is InChI=1S/C18H20Cl2N2O/c1-3-4-17(21-2)18(23)22-14-8-5-12(6-9-14)13-7-10-15(19)16(20)11-13/h5-11,17,21H,3-4H2,1-2H3,(H,22,23). The molecule has 0 aliphatic rings. The molecule has 1 atom stereocenters. The highest BCUT2D eigenvalue weighted by Crippen LogP contribution is 2.29. The molecular weight excluding hydrogens is 331 g/mol. The lowest BCUT2D eigenvalue weighted by molar-refractivity contribution is -0.118. The lowest BCUT2D eigenvalue weighted by Gasteiger charge is -2.15. The second-order valence-electron chi connectivity index (χ2n) is 5.33. The minimum atomic E-state index is -0.172. The minimum Gasteiger partial charge on any atom is -0.325 e. The Labute approximate surface area is 147 Å². The number of anilines is 1. The summed E-state index contributed by atoms with van der Waals surface area (Å²) in [6, 6.07) is 13.0. The molecular formula is C18H20Cl2N2O. The zero-order chi connectivity index (χ0) is 16.8. The molecule has 3 nitrogen and oxygen atoms in total. The van der Waals surface area contributed by atoms with E-state index in [-0.39, 0.29) is 11.9 Å². The Bertz CT molecular complexity index is 671. The highest BCUT2D eigenvalue weighted by Gasteiger charge is 2.15. The molecule has 122 valence electrons. The average molecular weight is 351 g/mol. The van der Waals surface area contributed by atoms with Crippen LogP contribution >= 0.6 is 23.2 Å². The maximum Gasteiger partial charge on any atom is 0.241 e. The van der Waals surface area contributed by atoms with Gasteiger partial charge in [-0.2, -0.15) is 0 Å². The number of rotatable bonds is 6. The lowest BCUT2D eigenvalue weighted by atomic mass is 10.1. The van der Waals surface area contributed by atoms with Crippen LogP contribution in [-0.2, 0) is 4.79 Å². The number of carbonyl (C=O) groups excluding carboxylic acids is 1. The molecule has 0 bridgehead atoms. The van der Waals surface area contributed by atoms with Crippen molar-refractivity contribution in [3.63, 3.8) is 0 Å². The normalized spacial score (nSPS) is 12.0. The summed E-state index contributed by atoms with van der Waals surface area (Å²) in [5.74, 6) is -0.0170. The second-order valence-corrected chi connectivity index (χ2v) is 6.14. The molecule has 0 spiro atoms. The Morgan fingerprint density at radius 2 is 1.70 bits per heavy atom. The third kappa shape index (κ3) is 4.71. The summed E-state index contributed by atoms with van der Waals surface area (Å²) in [4.78, 5) is 12.2. The van der Waals surface area contributed by atoms with E-state index < -0.39 is 0 Å². The molecule has 0 saturated heterocycles. The van der Waals surface area contributed by atoms with E-state index in [1.165, 1.54) is 0 Å². The third-order valence-corrected chi connectivity index (χ3v) is 4.39. The van der Waals surface area contributed by atoms with Crippen LogP contribution in [0.15, 0.2) is 42.5 Å². The molecule has 2 rings (SSSR count). The Kier molecular flexibility index (Phi) is 6.46. The molecule has 0 fully saturated rings. The summed E-state index contributed by atoms with van der Waals surface area (Å²) in [5, 5.41) is 7.02. The molecule has 23 heavy (non-hydrogen) atoms. The van der Waals surface area contributed by atoms with Gasteiger partial charge in [0.05, 0.1) is 16.1 Å². The predicted octanol–water partition coefficient (Wildman–Crippen LogP) is 4.99. The van der Waals surface area contributed by atoms with Gasteiger partial charge in [0.1, 0.15) is 0 Å². The van der Waals surface area contributed by atoms with Gasteiger partial charge in [-0.3, -0.25) is 4.79 Å². The van der Waals surface area contributed by atoms with Gasteiger partial charge in [0.2, 0.25) is 5.91 Å². The van der Waals surface area contributed by atoms with Crippen LogP contribution in [0.5, 0.6) is 0 Å². The molecule has 0 heterocycles. The summed E-state index contributed by atoms with van der Waals surface area (Å²) in [6.45, 7) is 2.06. The van der Waals surface area contributed by atoms with Gasteiger partial charge < -0.3 is 10.6 Å². The van der Waals surface area contributed by atoms with E-state index in [4.69, 9.17) is 23.2 Å². The van der Waals surface area contributed by atoms with Gasteiger partial charge in [0.15, 0.2) is 0 Å². The van der Waals surface area contributed by atoms with E-state index >= 15 is 0 Å². The number of likely N-dealkylation sites (N-methyl/N-ethyl adjacent to an activating group) is 1. The molecule has 2 aromatic carbocycles. The first-order valence-corrected chi connectivity index (χ1v) is 8.34. The Morgan fingerprint density at radius 1 is 1.04 bits per heavy atom. The van der Waals surface area contributed by atoms with Crippen molar-refractivity contribution in [3.05, 3.63) is 52.5 Å². The Morgan fingerprint density at radius 3 is 2.26 bits per heavy atom. The number of carbonyl (C=O) groups is 1. The molecule has 0 aliphatic carbocycles. The first-order chi connectivity index (χ1) is 11.0. The van der Waals surface area contributed by atoms with Gasteiger partial charge in [-0.15, -0.1) is 0 Å². The van der Waals surface area contributed by atoms with Crippen LogP contribution in [-0.4, -0.2) is 19.0 Å². The number of nitrogens with one attached hydrogen (secondary N) is 2. The Hall–Kier alpha value is -1.55. The van der Waals surface area contributed by atoms with Crippen molar-refractivity contribution in [2.75, 3.05) is 12.4 Å². The molecule has 5 heteroatoms. The van der Waals surface area contributed by atoms with Crippen molar-refractivity contribution < 1.29 is 4.79 Å². The van der Waals surface area contributed by atoms with Crippen molar-refractivity contribution in [2.24, 2.45) is 0 Å². The second kappa shape index (κ2) is 8.34. The third-order valence-electron chi connectivity index (χ3n) is 3.65. The molecule has 2 aromatic rings. The first kappa shape index (κ1) is 17.8. The maximum absolute atomic E-state index is 12.2. The van der Waals surface area contributed by atoms with Gasteiger partial charge >= 0.3 is 0 Å². The molecule has 0 radical (unpaired) electrons. The van der Waals surface area contributed by atoms with Crippen molar-refractivity contribution in [2.45, 2.75) is 25.8 Å². The van der Waals surface area contributed by atoms with E-state index in [2.05, 4.69) is 17.6 Å². The summed E-state index contributed by atoms with van der Waals surface area (Å²) in [5.41, 5.74) is 2.77. The van der Waals surface area contributed by atoms with Crippen LogP contribution in [0.4, 0.5) is 5.69 Å². The quantitative estimate of drug-likeness (QED) is 0.770. The van der Waals surface area contributed by atoms with Crippen molar-refractivity contribution in [3.8, 4) is 11.1 Å². The van der Waals surface area contributed by atoms with E-state index in [0.29, 0.717) is 10.0 Å². The number of hydrogen-bond acceptors (Lipinski definition) is 2. The number of amides is 1. The maximum atomic E-state index is 12.2. The van der Waals surface area contributed by atoms with E-state index in [0.717, 1.165) is 29.7 Å². The fourth-order valence-corrected chi connectivity index (χ4v) is 2.64. The summed E-state index contributed by atoms with van der Waals surface area (Å²) in [7, 11) is 1.80. The van der Waals surface area contributed by atoms with Crippen molar-refractivity contribution in [1.82, 2.24) is 5.32 Å². The largest absolute Gasteiger partial charge is 0.325 e. The zero-order valence-electron chi connectivity index (χ0n) is 13.2. The molecule has 2 N–H and O–H groups in total. The van der Waals surface area contributed by atoms with Crippen LogP contribution in [0.25, 0.3) is 11.1 Å². The molecule has 0 aliphatic heterocycles. The van der Waals surface area contributed by atoms with E-state index in [1.807, 2.05) is 36.4 Å². The summed E-state index contributed by atoms with van der Waals surface area (Å²) in [6.07, 6.45) is 1.76. The van der Waals surface area contributed by atoms with Crippen LogP contribution in [0.1, 0.15) is 19.8 Å². The lowest BCUT2D eigenvalue weighted by Crippen LogP contribution is -2.38. The fraction of sp³-hybridized carbons (Fsp3) is 0.278. The highest BCUT2D eigenvalue weighted by atomic mass is 35.5. The first-order valence-electron chi connectivity index (χ1n) is 7.58. The molecule has 0 aromatic heterocycles. The average Bonchev–Trinajstić information content (AvgIpc) is 2.55. The summed E-state index contributed by atoms with van der Waals surface area (Å²) < 4.78 is 0. The van der Waals surface area contributed by atoms with Gasteiger partial charge in [0, 0.05) is 5.69 Å². The number of benzene rings is 2. The van der Waals surface area contributed by atoms with Gasteiger partial charge in [0.25, 0.3) is 0 Å². The van der Waals surface area contributed by atoms with Crippen LogP contribution < -0.4 is 10.6 Å². The molecule has 0 saturated carbocycles. The van der Waals surface area contributed by atoms with Gasteiger partial charge in [-0.1, -0.05) is 54.7 Å². The van der Waals surface area contributed by atoms with Crippen LogP contribution in [0, 0.1) is 0 Å². The Balaban J connectivity index is 2.10. The predicted molar refractivity (Wildman–Crippen MR) is 98.3 cm³/mol. The summed E-state index contributed by atoms with van der Waals surface area (Å²) >= 11 is 12.0. The van der Waals surface area contributed by atoms with Crippen molar-refractivity contribution in [1.29, 1.82) is 0 Å². The van der Waals surface area contributed by atoms with Crippen LogP contribution in [0.3, 0.4) is 0 Å². The monoisotopic (exact) mass is 350 g/mol. The molecule has 1 amide bonds. The van der Waals surface area contributed by atoms with E-state index in [1.54, 1.807) is 13.1 Å². The zero-order valence-corrected chi connectivity index (χ0v) is 14.7. The van der Waals surface area contributed by atoms with E-state index in [9.17, 15) is 4.79 Å². The number of hydrogen-bond donors (Lipinski definition) is 2.